The minimum Gasteiger partial charge on any atom is -0.495 e. The van der Waals surface area contributed by atoms with Gasteiger partial charge < -0.3 is 64.6 Å². The van der Waals surface area contributed by atoms with Gasteiger partial charge in [-0.25, -0.2) is 14.4 Å². The van der Waals surface area contributed by atoms with Crippen molar-refractivity contribution in [2.45, 2.75) is 77.4 Å². The Labute approximate surface area is 457 Å². The van der Waals surface area contributed by atoms with Crippen LogP contribution >= 0.6 is 22.9 Å². The topological polar surface area (TPSA) is 240 Å². The fourth-order valence-electron chi connectivity index (χ4n) is 8.75. The van der Waals surface area contributed by atoms with E-state index >= 15 is 0 Å². The lowest BCUT2D eigenvalue weighted by Gasteiger charge is -2.35. The second-order valence-corrected chi connectivity index (χ2v) is 21.3. The second kappa shape index (κ2) is 27.7. The summed E-state index contributed by atoms with van der Waals surface area (Å²) in [6, 6.07) is 8.82. The van der Waals surface area contributed by atoms with E-state index in [9.17, 15) is 28.7 Å². The largest absolute Gasteiger partial charge is 0.495 e. The lowest BCUT2D eigenvalue weighted by atomic mass is 9.85. The number of rotatable bonds is 28. The van der Waals surface area contributed by atoms with Gasteiger partial charge in [-0.3, -0.25) is 24.1 Å². The molecular weight excluding hydrogens is 1040 g/mol. The van der Waals surface area contributed by atoms with Gasteiger partial charge in [-0.2, -0.15) is 4.98 Å². The molecule has 4 heterocycles. The van der Waals surface area contributed by atoms with Crippen molar-refractivity contribution in [1.82, 2.24) is 40.3 Å². The van der Waals surface area contributed by atoms with E-state index in [0.29, 0.717) is 104 Å². The summed E-state index contributed by atoms with van der Waals surface area (Å²) in [4.78, 5) is 73.1. The maximum atomic E-state index is 14.6. The first-order valence-corrected chi connectivity index (χ1v) is 27.1. The highest BCUT2D eigenvalue weighted by Crippen LogP contribution is 2.41. The number of thiazole rings is 1. The van der Waals surface area contributed by atoms with Crippen LogP contribution in [0.25, 0.3) is 10.4 Å². The Balaban J connectivity index is 0.749. The highest BCUT2D eigenvalue weighted by molar-refractivity contribution is 7.13. The number of alkyl halides is 1. The molecule has 2 saturated heterocycles. The van der Waals surface area contributed by atoms with Crippen molar-refractivity contribution in [2.75, 3.05) is 124 Å². The minimum atomic E-state index is -1.98. The Morgan fingerprint density at radius 2 is 1.58 bits per heavy atom. The van der Waals surface area contributed by atoms with Gasteiger partial charge in [0.05, 0.1) is 94.0 Å². The van der Waals surface area contributed by atoms with Gasteiger partial charge >= 0.3 is 0 Å². The number of methoxy groups -OCH3 is 1. The molecule has 0 spiro atoms. The number of aromatic nitrogens is 3. The van der Waals surface area contributed by atoms with E-state index in [1.165, 1.54) is 22.4 Å². The number of nitrogens with zero attached hydrogens (tertiary/aromatic N) is 6. The van der Waals surface area contributed by atoms with Gasteiger partial charge in [0.2, 0.25) is 17.8 Å². The number of aliphatic hydroxyl groups is 1. The molecule has 3 fully saturated rings. The first-order valence-electron chi connectivity index (χ1n) is 25.9. The van der Waals surface area contributed by atoms with Crippen molar-refractivity contribution in [3.63, 3.8) is 0 Å². The Hall–Kier alpha value is -5.79. The number of halogens is 2. The maximum absolute atomic E-state index is 14.6. The standard InChI is InChI=1S/C53H72ClFN10O11S/c1-34-44(77-33-59-34)35-7-8-37(30-57-47(67)41-29-38(66)32-65(41)49(69)45(52(2,3)4)61-50(70)53(55)11-12-53)42(27-35)76-26-25-75-24-23-74-22-21-73-20-19-72-18-17-63-13-15-64(16-14-63)48(68)36-9-10-40(43(28-36)71-6)60-51-58-31-39(54)46(56-5)62-51/h7-10,27-28,31,33,38,41,45,66H,11-26,29-30,32H2,1-6H3,(H,57,67)(H,61,70)(H2,56,58,60,62)/t38-,41+,45?/m1/s1. The molecule has 1 unspecified atom stereocenters. The number of piperazine rings is 1. The number of carbonyl (C=O) groups is 4. The number of amides is 4. The number of aliphatic hydroxyl groups excluding tert-OH is 1. The van der Waals surface area contributed by atoms with Gasteiger partial charge in [0, 0.05) is 70.4 Å². The number of aryl methyl sites for hydroxylation is 1. The maximum Gasteiger partial charge on any atom is 0.258 e. The van der Waals surface area contributed by atoms with Crippen LogP contribution in [-0.2, 0) is 39.9 Å². The molecule has 1 aliphatic carbocycles. The van der Waals surface area contributed by atoms with Crippen LogP contribution in [0.3, 0.4) is 0 Å². The Morgan fingerprint density at radius 3 is 2.21 bits per heavy atom. The first-order chi connectivity index (χ1) is 37.0. The molecule has 3 aliphatic rings. The molecule has 77 heavy (non-hydrogen) atoms. The molecule has 24 heteroatoms. The molecule has 5 N–H and O–H groups in total. The van der Waals surface area contributed by atoms with E-state index in [2.05, 4.69) is 41.1 Å². The van der Waals surface area contributed by atoms with Crippen LogP contribution in [0, 0.1) is 12.3 Å². The third-order valence-corrected chi connectivity index (χ3v) is 14.6. The number of hydrogen-bond acceptors (Lipinski definition) is 18. The predicted octanol–water partition coefficient (Wildman–Crippen LogP) is 4.87. The molecule has 2 aromatic carbocycles. The highest BCUT2D eigenvalue weighted by Gasteiger charge is 2.53. The van der Waals surface area contributed by atoms with Gasteiger partial charge in [-0.1, -0.05) is 44.5 Å². The van der Waals surface area contributed by atoms with E-state index in [0.717, 1.165) is 35.8 Å². The zero-order valence-electron chi connectivity index (χ0n) is 44.7. The molecule has 4 amide bonds. The monoisotopic (exact) mass is 1110 g/mol. The first kappa shape index (κ1) is 58.9. The summed E-state index contributed by atoms with van der Waals surface area (Å²) in [6.07, 6.45) is 0.757. The molecule has 2 aliphatic heterocycles. The number of carbonyl (C=O) groups excluding carboxylic acids is 4. The van der Waals surface area contributed by atoms with Gasteiger partial charge in [0.1, 0.15) is 41.0 Å². The normalized spacial score (nSPS) is 17.7. The van der Waals surface area contributed by atoms with E-state index in [-0.39, 0.29) is 51.5 Å². The van der Waals surface area contributed by atoms with Gasteiger partial charge in [-0.05, 0) is 55.0 Å². The average Bonchev–Trinajstić information content (AvgIpc) is 3.84. The smallest absolute Gasteiger partial charge is 0.258 e. The Kier molecular flexibility index (Phi) is 21.2. The van der Waals surface area contributed by atoms with Crippen molar-refractivity contribution in [3.8, 4) is 21.9 Å². The van der Waals surface area contributed by atoms with Crippen LogP contribution in [0.1, 0.15) is 61.6 Å². The number of anilines is 3. The van der Waals surface area contributed by atoms with Crippen LogP contribution in [0.5, 0.6) is 11.5 Å². The molecule has 1 saturated carbocycles. The van der Waals surface area contributed by atoms with Crippen molar-refractivity contribution in [3.05, 3.63) is 69.9 Å². The molecule has 21 nitrogen and oxygen atoms in total. The fourth-order valence-corrected chi connectivity index (χ4v) is 9.73. The van der Waals surface area contributed by atoms with Crippen LogP contribution in [-0.4, -0.2) is 195 Å². The molecule has 3 atom stereocenters. The van der Waals surface area contributed by atoms with Crippen molar-refractivity contribution in [1.29, 1.82) is 0 Å². The summed E-state index contributed by atoms with van der Waals surface area (Å²) < 4.78 is 49.4. The highest BCUT2D eigenvalue weighted by atomic mass is 35.5. The Morgan fingerprint density at radius 1 is 0.909 bits per heavy atom. The molecule has 420 valence electrons. The predicted molar refractivity (Wildman–Crippen MR) is 289 cm³/mol. The summed E-state index contributed by atoms with van der Waals surface area (Å²) in [7, 11) is 3.26. The van der Waals surface area contributed by atoms with Crippen LogP contribution in [0.2, 0.25) is 5.02 Å². The van der Waals surface area contributed by atoms with Crippen molar-refractivity contribution < 1.29 is 57.1 Å². The van der Waals surface area contributed by atoms with E-state index in [4.69, 9.17) is 40.0 Å². The number of nitrogens with one attached hydrogen (secondary N) is 4. The molecule has 0 radical (unpaired) electrons. The Bertz CT molecular complexity index is 2630. The lowest BCUT2D eigenvalue weighted by molar-refractivity contribution is -0.145. The third kappa shape index (κ3) is 16.4. The van der Waals surface area contributed by atoms with Gasteiger partial charge in [0.25, 0.3) is 11.8 Å². The van der Waals surface area contributed by atoms with Gasteiger partial charge in [0.15, 0.2) is 5.67 Å². The van der Waals surface area contributed by atoms with Crippen LogP contribution in [0.4, 0.5) is 21.8 Å². The minimum absolute atomic E-state index is 0.0119. The summed E-state index contributed by atoms with van der Waals surface area (Å²) >= 11 is 7.62. The van der Waals surface area contributed by atoms with E-state index in [1.54, 1.807) is 58.6 Å². The fraction of sp³-hybridized carbons (Fsp3) is 0.566. The number of β-amino-alcohol motifs (C(OH)–C–C–N with tert-alkyl or cyclic N) is 1. The molecule has 7 rings (SSSR count). The van der Waals surface area contributed by atoms with Crippen LogP contribution in [0.15, 0.2) is 48.1 Å². The van der Waals surface area contributed by atoms with Crippen molar-refractivity contribution >= 4 is 64.0 Å². The van der Waals surface area contributed by atoms with Crippen LogP contribution < -0.4 is 30.7 Å². The zero-order valence-corrected chi connectivity index (χ0v) is 46.2. The molecule has 2 aromatic heterocycles. The third-order valence-electron chi connectivity index (χ3n) is 13.4. The lowest BCUT2D eigenvalue weighted by Crippen LogP contribution is -2.59. The van der Waals surface area contributed by atoms with E-state index < -0.39 is 47.0 Å². The second-order valence-electron chi connectivity index (χ2n) is 20.1. The number of hydrogen-bond donors (Lipinski definition) is 5. The SMILES string of the molecule is CNc1nc(Nc2ccc(C(=O)N3CCN(CCOCCOCCOCCOCCOc4cc(-c5scnc5C)ccc4CNC(=O)[C@@H]4C[C@@H](O)CN4C(=O)C(NC(=O)C4(F)CC4)C(C)(C)C)CC3)cc2OC)ncc1Cl. The summed E-state index contributed by atoms with van der Waals surface area (Å²) in [6.45, 7) is 14.0. The summed E-state index contributed by atoms with van der Waals surface area (Å²) in [5, 5.41) is 22.6. The molecular formula is C53H72ClFN10O11S. The molecule has 4 aromatic rings. The van der Waals surface area contributed by atoms with Gasteiger partial charge in [-0.15, -0.1) is 11.3 Å². The number of ether oxygens (including phenoxy) is 6. The summed E-state index contributed by atoms with van der Waals surface area (Å²) in [5.41, 5.74) is 2.60. The number of benzene rings is 2. The average molecular weight is 1110 g/mol. The summed E-state index contributed by atoms with van der Waals surface area (Å²) in [5.74, 6) is -0.0984. The zero-order chi connectivity index (χ0) is 55.1. The quantitative estimate of drug-likeness (QED) is 0.0477. The van der Waals surface area contributed by atoms with Crippen molar-refractivity contribution in [2.24, 2.45) is 5.41 Å². The number of likely N-dealkylation sites (tertiary alicyclic amines) is 1. The molecule has 0 bridgehead atoms. The van der Waals surface area contributed by atoms with E-state index in [1.807, 2.05) is 30.0 Å².